The normalized spacial score (nSPS) is 18.8. The lowest BCUT2D eigenvalue weighted by Gasteiger charge is -2.31. The molecule has 2 aliphatic rings. The Balaban J connectivity index is 1.23. The number of para-hydroxylation sites is 1. The highest BCUT2D eigenvalue weighted by molar-refractivity contribution is 8.19. The zero-order chi connectivity index (χ0) is 18.9. The number of aromatic nitrogens is 1. The number of carbonyl (C=O) groups excluding carboxylic acids is 1. The SMILES string of the molecule is O=C(c1ccc(C2SCCS2)cc1)N1CCC(c2nc3ccccc3s2)CC1. The van der Waals surface area contributed by atoms with Crippen molar-refractivity contribution >= 4 is 51.0 Å². The number of thiazole rings is 1. The third kappa shape index (κ3) is 3.70. The van der Waals surface area contributed by atoms with E-state index in [2.05, 4.69) is 30.3 Å². The molecule has 3 aromatic rings. The summed E-state index contributed by atoms with van der Waals surface area (Å²) < 4.78 is 1.79. The largest absolute Gasteiger partial charge is 0.339 e. The van der Waals surface area contributed by atoms with Crippen LogP contribution in [-0.2, 0) is 0 Å². The molecule has 6 heteroatoms. The van der Waals surface area contributed by atoms with E-state index in [1.54, 1.807) is 11.3 Å². The van der Waals surface area contributed by atoms with Crippen LogP contribution in [0.15, 0.2) is 48.5 Å². The Labute approximate surface area is 177 Å². The van der Waals surface area contributed by atoms with Crippen molar-refractivity contribution in [3.8, 4) is 0 Å². The van der Waals surface area contributed by atoms with Gasteiger partial charge in [-0.15, -0.1) is 34.9 Å². The summed E-state index contributed by atoms with van der Waals surface area (Å²) in [7, 11) is 0. The number of piperidine rings is 1. The summed E-state index contributed by atoms with van der Waals surface area (Å²) in [6.07, 6.45) is 2.00. The second-order valence-corrected chi connectivity index (χ2v) is 11.1. The lowest BCUT2D eigenvalue weighted by Crippen LogP contribution is -2.37. The van der Waals surface area contributed by atoms with Crippen LogP contribution in [0.2, 0.25) is 0 Å². The van der Waals surface area contributed by atoms with E-state index in [0.717, 1.165) is 37.0 Å². The van der Waals surface area contributed by atoms with Gasteiger partial charge in [0.2, 0.25) is 0 Å². The minimum Gasteiger partial charge on any atom is -0.339 e. The highest BCUT2D eigenvalue weighted by Gasteiger charge is 2.27. The number of amides is 1. The molecule has 28 heavy (non-hydrogen) atoms. The maximum absolute atomic E-state index is 12.9. The molecule has 3 nitrogen and oxygen atoms in total. The van der Waals surface area contributed by atoms with Gasteiger partial charge < -0.3 is 4.90 Å². The van der Waals surface area contributed by atoms with Crippen LogP contribution < -0.4 is 0 Å². The maximum Gasteiger partial charge on any atom is 0.253 e. The molecular weight excluding hydrogens is 404 g/mol. The predicted octanol–water partition coefficient (Wildman–Crippen LogP) is 5.79. The standard InChI is InChI=1S/C22H22N2OS3/c25-21(16-5-7-17(8-6-16)22-26-13-14-27-22)24-11-9-15(10-12-24)20-23-18-3-1-2-4-19(18)28-20/h1-8,15,22H,9-14H2. The average molecular weight is 427 g/mol. The molecular formula is C22H22N2OS3. The maximum atomic E-state index is 12.9. The monoisotopic (exact) mass is 426 g/mol. The number of hydrogen-bond acceptors (Lipinski definition) is 5. The highest BCUT2D eigenvalue weighted by atomic mass is 32.2. The van der Waals surface area contributed by atoms with E-state index in [-0.39, 0.29) is 5.91 Å². The van der Waals surface area contributed by atoms with E-state index in [9.17, 15) is 4.79 Å². The molecule has 0 aliphatic carbocycles. The topological polar surface area (TPSA) is 33.2 Å². The molecule has 0 atom stereocenters. The minimum atomic E-state index is 0.168. The first kappa shape index (κ1) is 18.5. The van der Waals surface area contributed by atoms with Gasteiger partial charge in [0.25, 0.3) is 5.91 Å². The number of carbonyl (C=O) groups is 1. The van der Waals surface area contributed by atoms with Crippen molar-refractivity contribution in [3.05, 3.63) is 64.7 Å². The van der Waals surface area contributed by atoms with Gasteiger partial charge in [-0.2, -0.15) is 0 Å². The molecule has 5 rings (SSSR count). The van der Waals surface area contributed by atoms with Gasteiger partial charge >= 0.3 is 0 Å². The Kier molecular flexibility index (Phi) is 5.35. The summed E-state index contributed by atoms with van der Waals surface area (Å²) in [6.45, 7) is 1.63. The zero-order valence-corrected chi connectivity index (χ0v) is 18.0. The first-order valence-electron chi connectivity index (χ1n) is 9.76. The van der Waals surface area contributed by atoms with Crippen molar-refractivity contribution in [2.45, 2.75) is 23.3 Å². The fourth-order valence-electron chi connectivity index (χ4n) is 3.91. The summed E-state index contributed by atoms with van der Waals surface area (Å²) in [6, 6.07) is 16.6. The Hall–Kier alpha value is -1.50. The highest BCUT2D eigenvalue weighted by Crippen LogP contribution is 2.45. The zero-order valence-electron chi connectivity index (χ0n) is 15.5. The van der Waals surface area contributed by atoms with Gasteiger partial charge in [0.1, 0.15) is 0 Å². The number of nitrogens with zero attached hydrogens (tertiary/aromatic N) is 2. The molecule has 0 N–H and O–H groups in total. The van der Waals surface area contributed by atoms with E-state index < -0.39 is 0 Å². The quantitative estimate of drug-likeness (QED) is 0.530. The predicted molar refractivity (Wildman–Crippen MR) is 122 cm³/mol. The smallest absolute Gasteiger partial charge is 0.253 e. The van der Waals surface area contributed by atoms with Crippen LogP contribution in [0.1, 0.15) is 44.3 Å². The summed E-state index contributed by atoms with van der Waals surface area (Å²) in [5, 5.41) is 1.23. The van der Waals surface area contributed by atoms with Crippen molar-refractivity contribution in [2.75, 3.05) is 24.6 Å². The molecule has 2 saturated heterocycles. The fourth-order valence-corrected chi connectivity index (χ4v) is 7.91. The van der Waals surface area contributed by atoms with Gasteiger partial charge in [0.15, 0.2) is 0 Å². The van der Waals surface area contributed by atoms with Crippen molar-refractivity contribution < 1.29 is 4.79 Å². The third-order valence-corrected chi connectivity index (χ3v) is 9.80. The van der Waals surface area contributed by atoms with E-state index in [0.29, 0.717) is 10.5 Å². The van der Waals surface area contributed by atoms with Gasteiger partial charge in [0, 0.05) is 36.1 Å². The summed E-state index contributed by atoms with van der Waals surface area (Å²) in [5.74, 6) is 3.08. The van der Waals surface area contributed by atoms with Crippen LogP contribution in [0.25, 0.3) is 10.2 Å². The van der Waals surface area contributed by atoms with Gasteiger partial charge in [-0.3, -0.25) is 4.79 Å². The van der Waals surface area contributed by atoms with E-state index in [4.69, 9.17) is 4.98 Å². The van der Waals surface area contributed by atoms with Crippen LogP contribution >= 0.6 is 34.9 Å². The van der Waals surface area contributed by atoms with Gasteiger partial charge in [0.05, 0.1) is 19.8 Å². The van der Waals surface area contributed by atoms with Crippen LogP contribution in [0.4, 0.5) is 0 Å². The number of hydrogen-bond donors (Lipinski definition) is 0. The number of fused-ring (bicyclic) bond motifs is 1. The van der Waals surface area contributed by atoms with Gasteiger partial charge in [-0.1, -0.05) is 24.3 Å². The van der Waals surface area contributed by atoms with E-state index in [1.807, 2.05) is 46.6 Å². The molecule has 144 valence electrons. The molecule has 1 amide bonds. The molecule has 2 aliphatic heterocycles. The molecule has 2 aromatic carbocycles. The average Bonchev–Trinajstić information content (AvgIpc) is 3.43. The van der Waals surface area contributed by atoms with E-state index >= 15 is 0 Å². The molecule has 0 saturated carbocycles. The minimum absolute atomic E-state index is 0.168. The van der Waals surface area contributed by atoms with Crippen molar-refractivity contribution in [2.24, 2.45) is 0 Å². The summed E-state index contributed by atoms with van der Waals surface area (Å²) in [5.41, 5.74) is 3.24. The lowest BCUT2D eigenvalue weighted by atomic mass is 9.97. The Morgan fingerprint density at radius 1 is 0.964 bits per heavy atom. The lowest BCUT2D eigenvalue weighted by molar-refractivity contribution is 0.0713. The molecule has 0 radical (unpaired) electrons. The second-order valence-electron chi connectivity index (χ2n) is 7.28. The fraction of sp³-hybridized carbons (Fsp3) is 0.364. The molecule has 0 spiro atoms. The van der Waals surface area contributed by atoms with E-state index in [1.165, 1.54) is 26.8 Å². The number of likely N-dealkylation sites (tertiary alicyclic amines) is 1. The van der Waals surface area contributed by atoms with Crippen molar-refractivity contribution in [3.63, 3.8) is 0 Å². The van der Waals surface area contributed by atoms with Crippen LogP contribution in [0, 0.1) is 0 Å². The van der Waals surface area contributed by atoms with Crippen LogP contribution in [-0.4, -0.2) is 40.4 Å². The third-order valence-electron chi connectivity index (χ3n) is 5.49. The van der Waals surface area contributed by atoms with Gasteiger partial charge in [-0.25, -0.2) is 4.98 Å². The van der Waals surface area contributed by atoms with Crippen LogP contribution in [0.5, 0.6) is 0 Å². The first-order chi connectivity index (χ1) is 13.8. The molecule has 0 bridgehead atoms. The Bertz CT molecular complexity index is 938. The second kappa shape index (κ2) is 8.09. The molecule has 2 fully saturated rings. The van der Waals surface area contributed by atoms with Crippen LogP contribution in [0.3, 0.4) is 0 Å². The molecule has 3 heterocycles. The Morgan fingerprint density at radius 3 is 2.39 bits per heavy atom. The molecule has 0 unspecified atom stereocenters. The number of benzene rings is 2. The van der Waals surface area contributed by atoms with Crippen molar-refractivity contribution in [1.82, 2.24) is 9.88 Å². The molecule has 1 aromatic heterocycles. The summed E-state index contributed by atoms with van der Waals surface area (Å²) >= 11 is 5.80. The number of thioether (sulfide) groups is 2. The number of rotatable bonds is 3. The first-order valence-corrected chi connectivity index (χ1v) is 12.7. The summed E-state index contributed by atoms with van der Waals surface area (Å²) in [4.78, 5) is 19.8. The van der Waals surface area contributed by atoms with Gasteiger partial charge in [-0.05, 0) is 42.7 Å². The Morgan fingerprint density at radius 2 is 1.68 bits per heavy atom. The van der Waals surface area contributed by atoms with Crippen molar-refractivity contribution in [1.29, 1.82) is 0 Å².